The molecule has 0 amide bonds. The van der Waals surface area contributed by atoms with Gasteiger partial charge in [-0.25, -0.2) is 9.78 Å². The highest BCUT2D eigenvalue weighted by Crippen LogP contribution is 2.35. The number of ether oxygens (including phenoxy) is 1. The molecule has 2 rings (SSSR count). The lowest BCUT2D eigenvalue weighted by Crippen LogP contribution is -2.04. The van der Waals surface area contributed by atoms with E-state index in [4.69, 9.17) is 4.74 Å². The molecule has 0 spiro atoms. The summed E-state index contributed by atoms with van der Waals surface area (Å²) in [5.41, 5.74) is 0.156. The Kier molecular flexibility index (Phi) is 4.32. The van der Waals surface area contributed by atoms with Gasteiger partial charge in [0.2, 0.25) is 5.01 Å². The summed E-state index contributed by atoms with van der Waals surface area (Å²) in [6, 6.07) is 4.95. The Hall–Kier alpha value is -1.89. The molecule has 1 aromatic carbocycles. The van der Waals surface area contributed by atoms with Crippen LogP contribution in [0.3, 0.4) is 0 Å². The maximum Gasteiger partial charge on any atom is 0.416 e. The van der Waals surface area contributed by atoms with Crippen LogP contribution >= 0.6 is 11.3 Å². The third-order valence-corrected chi connectivity index (χ3v) is 3.89. The van der Waals surface area contributed by atoms with Gasteiger partial charge in [-0.3, -0.25) is 0 Å². The van der Waals surface area contributed by atoms with Crippen molar-refractivity contribution in [2.45, 2.75) is 20.0 Å². The second kappa shape index (κ2) is 5.85. The zero-order chi connectivity index (χ0) is 15.6. The number of hydrogen-bond donors (Lipinski definition) is 0. The fraction of sp³-hybridized carbons (Fsp3) is 0.286. The highest BCUT2D eigenvalue weighted by Gasteiger charge is 2.30. The summed E-state index contributed by atoms with van der Waals surface area (Å²) in [5.74, 6) is -0.566. The topological polar surface area (TPSA) is 39.2 Å². The highest BCUT2D eigenvalue weighted by molar-refractivity contribution is 7.17. The Bertz CT molecular complexity index is 664. The monoisotopic (exact) mass is 315 g/mol. The zero-order valence-corrected chi connectivity index (χ0v) is 12.1. The van der Waals surface area contributed by atoms with Crippen molar-refractivity contribution in [3.63, 3.8) is 0 Å². The van der Waals surface area contributed by atoms with Crippen LogP contribution in [0.2, 0.25) is 0 Å². The quantitative estimate of drug-likeness (QED) is 0.792. The van der Waals surface area contributed by atoms with E-state index in [1.54, 1.807) is 19.9 Å². The maximum atomic E-state index is 12.7. The number of rotatable bonds is 3. The van der Waals surface area contributed by atoms with Crippen molar-refractivity contribution in [2.24, 2.45) is 0 Å². The van der Waals surface area contributed by atoms with E-state index in [2.05, 4.69) is 4.98 Å². The number of halogens is 3. The van der Waals surface area contributed by atoms with Gasteiger partial charge in [-0.15, -0.1) is 11.3 Å². The normalized spacial score (nSPS) is 11.5. The minimum atomic E-state index is -4.40. The van der Waals surface area contributed by atoms with Gasteiger partial charge in [0, 0.05) is 0 Å². The third-order valence-electron chi connectivity index (χ3n) is 2.70. The molecule has 1 aromatic heterocycles. The van der Waals surface area contributed by atoms with E-state index in [-0.39, 0.29) is 11.6 Å². The molecule has 0 atom stereocenters. The molecule has 0 radical (unpaired) electrons. The number of carbonyl (C=O) groups excluding carboxylic acids is 1. The van der Waals surface area contributed by atoms with Crippen LogP contribution < -0.4 is 0 Å². The van der Waals surface area contributed by atoms with E-state index in [0.29, 0.717) is 16.1 Å². The number of thiazole rings is 1. The Morgan fingerprint density at radius 2 is 2.10 bits per heavy atom. The molecule has 0 aliphatic carbocycles. The van der Waals surface area contributed by atoms with E-state index in [0.717, 1.165) is 23.5 Å². The predicted octanol–water partition coefficient (Wildman–Crippen LogP) is 4.31. The highest BCUT2D eigenvalue weighted by atomic mass is 32.1. The van der Waals surface area contributed by atoms with Crippen molar-refractivity contribution in [2.75, 3.05) is 6.61 Å². The summed E-state index contributed by atoms with van der Waals surface area (Å²) in [7, 11) is 0. The van der Waals surface area contributed by atoms with E-state index in [9.17, 15) is 18.0 Å². The molecule has 7 heteroatoms. The first-order valence-corrected chi connectivity index (χ1v) is 6.96. The molecule has 0 N–H and O–H groups in total. The fourth-order valence-corrected chi connectivity index (χ4v) is 2.74. The largest absolute Gasteiger partial charge is 0.461 e. The van der Waals surface area contributed by atoms with E-state index >= 15 is 0 Å². The molecular weight excluding hydrogens is 303 g/mol. The van der Waals surface area contributed by atoms with Crippen LogP contribution in [0, 0.1) is 6.92 Å². The number of carbonyl (C=O) groups is 1. The number of nitrogens with zero attached hydrogens (tertiary/aromatic N) is 1. The third kappa shape index (κ3) is 3.41. The molecule has 0 bridgehead atoms. The van der Waals surface area contributed by atoms with Crippen LogP contribution in [-0.2, 0) is 10.9 Å². The zero-order valence-electron chi connectivity index (χ0n) is 11.3. The van der Waals surface area contributed by atoms with Crippen LogP contribution in [0.15, 0.2) is 24.3 Å². The van der Waals surface area contributed by atoms with E-state index < -0.39 is 17.7 Å². The lowest BCUT2D eigenvalue weighted by atomic mass is 10.1. The van der Waals surface area contributed by atoms with Crippen LogP contribution in [0.25, 0.3) is 10.4 Å². The van der Waals surface area contributed by atoms with Crippen molar-refractivity contribution in [1.29, 1.82) is 0 Å². The minimum Gasteiger partial charge on any atom is -0.461 e. The van der Waals surface area contributed by atoms with E-state index in [1.807, 2.05) is 0 Å². The lowest BCUT2D eigenvalue weighted by molar-refractivity contribution is -0.137. The number of benzene rings is 1. The average Bonchev–Trinajstić information content (AvgIpc) is 2.80. The smallest absolute Gasteiger partial charge is 0.416 e. The van der Waals surface area contributed by atoms with Gasteiger partial charge in [0.05, 0.1) is 22.7 Å². The molecule has 21 heavy (non-hydrogen) atoms. The van der Waals surface area contributed by atoms with Crippen molar-refractivity contribution >= 4 is 17.3 Å². The van der Waals surface area contributed by atoms with Gasteiger partial charge in [0.15, 0.2) is 0 Å². The summed E-state index contributed by atoms with van der Waals surface area (Å²) in [4.78, 5) is 16.2. The number of esters is 1. The maximum absolute atomic E-state index is 12.7. The summed E-state index contributed by atoms with van der Waals surface area (Å²) in [5, 5.41) is 0.141. The van der Waals surface area contributed by atoms with Gasteiger partial charge in [0.25, 0.3) is 0 Å². The van der Waals surface area contributed by atoms with Gasteiger partial charge in [0.1, 0.15) is 0 Å². The summed E-state index contributed by atoms with van der Waals surface area (Å²) < 4.78 is 43.0. The minimum absolute atomic E-state index is 0.141. The molecule has 0 fully saturated rings. The first-order chi connectivity index (χ1) is 9.82. The molecule has 112 valence electrons. The average molecular weight is 315 g/mol. The Balaban J connectivity index is 2.41. The van der Waals surface area contributed by atoms with Gasteiger partial charge in [-0.05, 0) is 31.5 Å². The van der Waals surface area contributed by atoms with Crippen LogP contribution in [0.4, 0.5) is 13.2 Å². The van der Waals surface area contributed by atoms with Crippen LogP contribution in [0.1, 0.15) is 28.0 Å². The van der Waals surface area contributed by atoms with Gasteiger partial charge in [-0.2, -0.15) is 13.2 Å². The number of aromatic nitrogens is 1. The van der Waals surface area contributed by atoms with Crippen molar-refractivity contribution in [3.05, 3.63) is 40.5 Å². The lowest BCUT2D eigenvalue weighted by Gasteiger charge is -2.07. The van der Waals surface area contributed by atoms with E-state index in [1.165, 1.54) is 6.07 Å². The van der Waals surface area contributed by atoms with Crippen LogP contribution in [-0.4, -0.2) is 17.6 Å². The molecule has 0 aliphatic rings. The Morgan fingerprint density at radius 1 is 1.38 bits per heavy atom. The predicted molar refractivity (Wildman–Crippen MR) is 73.2 cm³/mol. The Morgan fingerprint density at radius 3 is 2.71 bits per heavy atom. The molecule has 0 saturated carbocycles. The SMILES string of the molecule is CCOC(=O)c1nc(C)c(-c2cccc(C(F)(F)F)c2)s1. The Labute approximate surface area is 123 Å². The van der Waals surface area contributed by atoms with Gasteiger partial charge >= 0.3 is 12.1 Å². The van der Waals surface area contributed by atoms with Crippen molar-refractivity contribution in [3.8, 4) is 10.4 Å². The first-order valence-electron chi connectivity index (χ1n) is 6.15. The van der Waals surface area contributed by atoms with Crippen molar-refractivity contribution < 1.29 is 22.7 Å². The summed E-state index contributed by atoms with van der Waals surface area (Å²) in [6.07, 6.45) is -4.40. The number of aryl methyl sites for hydroxylation is 1. The first kappa shape index (κ1) is 15.5. The second-order valence-corrected chi connectivity index (χ2v) is 5.23. The van der Waals surface area contributed by atoms with Gasteiger partial charge in [-0.1, -0.05) is 12.1 Å². The molecular formula is C14H12F3NO2S. The van der Waals surface area contributed by atoms with Gasteiger partial charge < -0.3 is 4.74 Å². The van der Waals surface area contributed by atoms with Crippen LogP contribution in [0.5, 0.6) is 0 Å². The molecule has 0 aliphatic heterocycles. The molecule has 0 unspecified atom stereocenters. The molecule has 0 saturated heterocycles. The molecule has 2 aromatic rings. The standard InChI is InChI=1S/C14H12F3NO2S/c1-3-20-13(19)12-18-8(2)11(21-12)9-5-4-6-10(7-9)14(15,16)17/h4-7H,3H2,1-2H3. The van der Waals surface area contributed by atoms with Crippen molar-refractivity contribution in [1.82, 2.24) is 4.98 Å². The molecule has 3 nitrogen and oxygen atoms in total. The molecule has 1 heterocycles. The summed E-state index contributed by atoms with van der Waals surface area (Å²) >= 11 is 1.03. The summed E-state index contributed by atoms with van der Waals surface area (Å²) in [6.45, 7) is 3.54. The number of hydrogen-bond acceptors (Lipinski definition) is 4. The number of alkyl halides is 3. The fourth-order valence-electron chi connectivity index (χ4n) is 1.78. The second-order valence-electron chi connectivity index (χ2n) is 4.23.